The Labute approximate surface area is 77.1 Å². The summed E-state index contributed by atoms with van der Waals surface area (Å²) in [6.45, 7) is 9.95. The van der Waals surface area contributed by atoms with Gasteiger partial charge in [0.15, 0.2) is 0 Å². The number of unbranched alkanes of at least 4 members (excludes halogenated alkanes) is 2. The van der Waals surface area contributed by atoms with Gasteiger partial charge in [-0.1, -0.05) is 33.6 Å². The van der Waals surface area contributed by atoms with Crippen LogP contribution in [0.2, 0.25) is 0 Å². The van der Waals surface area contributed by atoms with Crippen LogP contribution in [-0.2, 0) is 0 Å². The molecule has 0 aromatic carbocycles. The van der Waals surface area contributed by atoms with Gasteiger partial charge in [0.05, 0.1) is 0 Å². The second kappa shape index (κ2) is 9.01. The molecule has 0 radical (unpaired) electrons. The molecule has 0 atom stereocenters. The van der Waals surface area contributed by atoms with Gasteiger partial charge in [-0.2, -0.15) is 0 Å². The zero-order valence-corrected chi connectivity index (χ0v) is 8.82. The first-order valence-electron chi connectivity index (χ1n) is 5.21. The molecule has 0 spiro atoms. The Balaban J connectivity index is 2.82. The van der Waals surface area contributed by atoms with Crippen molar-refractivity contribution in [2.75, 3.05) is 19.6 Å². The van der Waals surface area contributed by atoms with Gasteiger partial charge in [0.2, 0.25) is 0 Å². The molecule has 0 saturated heterocycles. The minimum Gasteiger partial charge on any atom is -0.315 e. The van der Waals surface area contributed by atoms with Crippen molar-refractivity contribution in [3.8, 4) is 0 Å². The lowest BCUT2D eigenvalue weighted by molar-refractivity contribution is 0.544. The summed E-state index contributed by atoms with van der Waals surface area (Å²) in [5.41, 5.74) is 0. The lowest BCUT2D eigenvalue weighted by Crippen LogP contribution is -2.31. The summed E-state index contributed by atoms with van der Waals surface area (Å²) in [6.07, 6.45) is 3.98. The molecule has 0 aliphatic carbocycles. The van der Waals surface area contributed by atoms with Crippen LogP contribution in [0.3, 0.4) is 0 Å². The van der Waals surface area contributed by atoms with Gasteiger partial charge in [-0.3, -0.25) is 0 Å². The van der Waals surface area contributed by atoms with Gasteiger partial charge in [-0.25, -0.2) is 0 Å². The Bertz CT molecular complexity index is 81.9. The van der Waals surface area contributed by atoms with E-state index >= 15 is 0 Å². The van der Waals surface area contributed by atoms with Gasteiger partial charge in [-0.15, -0.1) is 0 Å². The lowest BCUT2D eigenvalue weighted by Gasteiger charge is -2.08. The normalized spacial score (nSPS) is 11.0. The summed E-state index contributed by atoms with van der Waals surface area (Å²) in [5.74, 6) is 0. The molecular formula is C10H24N2. The van der Waals surface area contributed by atoms with E-state index in [0.717, 1.165) is 13.1 Å². The van der Waals surface area contributed by atoms with E-state index in [2.05, 4.69) is 31.4 Å². The van der Waals surface area contributed by atoms with Crippen LogP contribution in [0.4, 0.5) is 0 Å². The molecule has 0 aliphatic heterocycles. The number of rotatable bonds is 8. The smallest absolute Gasteiger partial charge is 0.00790 e. The zero-order chi connectivity index (χ0) is 9.23. The van der Waals surface area contributed by atoms with E-state index in [-0.39, 0.29) is 0 Å². The van der Waals surface area contributed by atoms with E-state index in [9.17, 15) is 0 Å². The molecule has 0 rings (SSSR count). The molecule has 0 unspecified atom stereocenters. The minimum absolute atomic E-state index is 0.613. The van der Waals surface area contributed by atoms with Crippen molar-refractivity contribution in [2.45, 2.75) is 46.1 Å². The van der Waals surface area contributed by atoms with Crippen LogP contribution < -0.4 is 10.6 Å². The molecule has 12 heavy (non-hydrogen) atoms. The Kier molecular flexibility index (Phi) is 8.95. The van der Waals surface area contributed by atoms with Crippen molar-refractivity contribution >= 4 is 0 Å². The lowest BCUT2D eigenvalue weighted by atomic mass is 10.2. The Hall–Kier alpha value is -0.0800. The van der Waals surface area contributed by atoms with E-state index in [1.54, 1.807) is 0 Å². The van der Waals surface area contributed by atoms with Crippen LogP contribution in [0.5, 0.6) is 0 Å². The SMILES string of the molecule is CCCCCNCCNC(C)C. The van der Waals surface area contributed by atoms with Gasteiger partial charge in [0, 0.05) is 19.1 Å². The van der Waals surface area contributed by atoms with Crippen molar-refractivity contribution in [2.24, 2.45) is 0 Å². The van der Waals surface area contributed by atoms with E-state index in [1.807, 2.05) is 0 Å². The number of nitrogens with one attached hydrogen (secondary N) is 2. The summed E-state index contributed by atoms with van der Waals surface area (Å²) in [6, 6.07) is 0.613. The molecule has 0 bridgehead atoms. The van der Waals surface area contributed by atoms with E-state index in [1.165, 1.54) is 25.8 Å². The van der Waals surface area contributed by atoms with E-state index < -0.39 is 0 Å². The molecule has 0 amide bonds. The van der Waals surface area contributed by atoms with Crippen LogP contribution in [0.1, 0.15) is 40.0 Å². The predicted molar refractivity (Wildman–Crippen MR) is 55.5 cm³/mol. The molecule has 0 saturated carbocycles. The fourth-order valence-corrected chi connectivity index (χ4v) is 1.07. The molecule has 2 N–H and O–H groups in total. The molecule has 0 aliphatic rings. The van der Waals surface area contributed by atoms with Crippen molar-refractivity contribution in [1.29, 1.82) is 0 Å². The Morgan fingerprint density at radius 2 is 1.75 bits per heavy atom. The molecule has 0 aromatic heterocycles. The van der Waals surface area contributed by atoms with Crippen LogP contribution >= 0.6 is 0 Å². The topological polar surface area (TPSA) is 24.1 Å². The standard InChI is InChI=1S/C10H24N2/c1-4-5-6-7-11-8-9-12-10(2)3/h10-12H,4-9H2,1-3H3. The van der Waals surface area contributed by atoms with Gasteiger partial charge in [0.1, 0.15) is 0 Å². The van der Waals surface area contributed by atoms with Crippen molar-refractivity contribution in [3.05, 3.63) is 0 Å². The maximum atomic E-state index is 3.41. The highest BCUT2D eigenvalue weighted by Crippen LogP contribution is 1.90. The van der Waals surface area contributed by atoms with Crippen LogP contribution in [0, 0.1) is 0 Å². The van der Waals surface area contributed by atoms with Crippen LogP contribution in [-0.4, -0.2) is 25.7 Å². The molecule has 0 aromatic rings. The monoisotopic (exact) mass is 172 g/mol. The van der Waals surface area contributed by atoms with Crippen molar-refractivity contribution < 1.29 is 0 Å². The molecular weight excluding hydrogens is 148 g/mol. The molecule has 2 nitrogen and oxygen atoms in total. The number of hydrogen-bond acceptors (Lipinski definition) is 2. The summed E-state index contributed by atoms with van der Waals surface area (Å²) in [4.78, 5) is 0. The first-order valence-corrected chi connectivity index (χ1v) is 5.21. The molecule has 74 valence electrons. The highest BCUT2D eigenvalue weighted by Gasteiger charge is 1.90. The third kappa shape index (κ3) is 9.92. The fourth-order valence-electron chi connectivity index (χ4n) is 1.07. The first kappa shape index (κ1) is 11.9. The minimum atomic E-state index is 0.613. The highest BCUT2D eigenvalue weighted by molar-refractivity contribution is 4.55. The molecule has 2 heteroatoms. The molecule has 0 fully saturated rings. The largest absolute Gasteiger partial charge is 0.315 e. The van der Waals surface area contributed by atoms with Crippen LogP contribution in [0.15, 0.2) is 0 Å². The third-order valence-corrected chi connectivity index (χ3v) is 1.81. The molecule has 0 heterocycles. The van der Waals surface area contributed by atoms with Crippen LogP contribution in [0.25, 0.3) is 0 Å². The second-order valence-corrected chi connectivity index (χ2v) is 3.57. The average molecular weight is 172 g/mol. The fraction of sp³-hybridized carbons (Fsp3) is 1.00. The van der Waals surface area contributed by atoms with E-state index in [0.29, 0.717) is 6.04 Å². The summed E-state index contributed by atoms with van der Waals surface area (Å²) >= 11 is 0. The highest BCUT2D eigenvalue weighted by atomic mass is 14.9. The van der Waals surface area contributed by atoms with E-state index in [4.69, 9.17) is 0 Å². The maximum absolute atomic E-state index is 3.41. The Morgan fingerprint density at radius 1 is 1.00 bits per heavy atom. The van der Waals surface area contributed by atoms with Gasteiger partial charge >= 0.3 is 0 Å². The Morgan fingerprint density at radius 3 is 2.33 bits per heavy atom. The van der Waals surface area contributed by atoms with Crippen molar-refractivity contribution in [3.63, 3.8) is 0 Å². The maximum Gasteiger partial charge on any atom is 0.00790 e. The zero-order valence-electron chi connectivity index (χ0n) is 8.82. The average Bonchev–Trinajstić information content (AvgIpc) is 2.02. The van der Waals surface area contributed by atoms with Gasteiger partial charge < -0.3 is 10.6 Å². The predicted octanol–water partition coefficient (Wildman–Crippen LogP) is 1.76. The third-order valence-electron chi connectivity index (χ3n) is 1.81. The summed E-state index contributed by atoms with van der Waals surface area (Å²) < 4.78 is 0. The number of hydrogen-bond donors (Lipinski definition) is 2. The quantitative estimate of drug-likeness (QED) is 0.545. The van der Waals surface area contributed by atoms with Gasteiger partial charge in [0.25, 0.3) is 0 Å². The summed E-state index contributed by atoms with van der Waals surface area (Å²) in [7, 11) is 0. The van der Waals surface area contributed by atoms with Crippen molar-refractivity contribution in [1.82, 2.24) is 10.6 Å². The first-order chi connectivity index (χ1) is 5.77. The van der Waals surface area contributed by atoms with Gasteiger partial charge in [-0.05, 0) is 13.0 Å². The summed E-state index contributed by atoms with van der Waals surface area (Å²) in [5, 5.41) is 6.79. The second-order valence-electron chi connectivity index (χ2n) is 3.57.